The van der Waals surface area contributed by atoms with Crippen molar-refractivity contribution in [2.45, 2.75) is 32.4 Å². The van der Waals surface area contributed by atoms with E-state index in [0.717, 1.165) is 34.4 Å². The number of fused-ring (bicyclic) bond motifs is 1. The quantitative estimate of drug-likeness (QED) is 0.584. The van der Waals surface area contributed by atoms with Crippen molar-refractivity contribution in [1.29, 1.82) is 0 Å². The second kappa shape index (κ2) is 8.95. The number of oxime groups is 1. The zero-order valence-corrected chi connectivity index (χ0v) is 16.1. The molecule has 1 unspecified atom stereocenters. The highest BCUT2D eigenvalue weighted by Crippen LogP contribution is 2.26. The number of rotatable bonds is 7. The Labute approximate surface area is 163 Å². The highest BCUT2D eigenvalue weighted by molar-refractivity contribution is 6.04. The maximum atomic E-state index is 13.4. The van der Waals surface area contributed by atoms with Crippen molar-refractivity contribution in [2.75, 3.05) is 14.2 Å². The Morgan fingerprint density at radius 2 is 2.07 bits per heavy atom. The lowest BCUT2D eigenvalue weighted by Crippen LogP contribution is -2.30. The van der Waals surface area contributed by atoms with E-state index in [0.29, 0.717) is 12.0 Å². The van der Waals surface area contributed by atoms with Crippen LogP contribution < -0.4 is 5.48 Å². The number of esters is 1. The van der Waals surface area contributed by atoms with E-state index in [1.54, 1.807) is 6.07 Å². The van der Waals surface area contributed by atoms with Crippen molar-refractivity contribution in [3.8, 4) is 0 Å². The van der Waals surface area contributed by atoms with Crippen molar-refractivity contribution < 1.29 is 23.6 Å². The van der Waals surface area contributed by atoms with E-state index in [1.807, 2.05) is 25.1 Å². The second-order valence-electron chi connectivity index (χ2n) is 6.53. The third-order valence-corrected chi connectivity index (χ3v) is 4.82. The molecule has 1 N–H and O–H groups in total. The standard InChI is InChI=1S/C21H23FN2O4/c1-13-5-4-6-17(20(24-27-3)21(25)26-2)18(13)12-28-23-19-10-7-14-11-15(22)8-9-16(14)19/h4-6,8-9,11,20,24H,7,10,12H2,1-3H3/b23-19+. The first-order chi connectivity index (χ1) is 13.5. The van der Waals surface area contributed by atoms with Crippen molar-refractivity contribution in [3.05, 3.63) is 70.0 Å². The van der Waals surface area contributed by atoms with Gasteiger partial charge in [0.2, 0.25) is 0 Å². The summed E-state index contributed by atoms with van der Waals surface area (Å²) in [6.45, 7) is 2.12. The minimum absolute atomic E-state index is 0.181. The van der Waals surface area contributed by atoms with Crippen LogP contribution in [0.25, 0.3) is 0 Å². The number of hydrogen-bond acceptors (Lipinski definition) is 6. The van der Waals surface area contributed by atoms with Gasteiger partial charge in [0.05, 0.1) is 19.9 Å². The summed E-state index contributed by atoms with van der Waals surface area (Å²) >= 11 is 0. The number of methoxy groups -OCH3 is 1. The van der Waals surface area contributed by atoms with E-state index < -0.39 is 12.0 Å². The Morgan fingerprint density at radius 3 is 2.82 bits per heavy atom. The van der Waals surface area contributed by atoms with E-state index in [-0.39, 0.29) is 12.4 Å². The molecule has 1 atom stereocenters. The van der Waals surface area contributed by atoms with Gasteiger partial charge in [-0.05, 0) is 54.7 Å². The van der Waals surface area contributed by atoms with Crippen LogP contribution in [0, 0.1) is 12.7 Å². The minimum Gasteiger partial charge on any atom is -0.468 e. The summed E-state index contributed by atoms with van der Waals surface area (Å²) in [5, 5.41) is 4.27. The predicted octanol–water partition coefficient (Wildman–Crippen LogP) is 3.37. The van der Waals surface area contributed by atoms with Gasteiger partial charge < -0.3 is 14.4 Å². The summed E-state index contributed by atoms with van der Waals surface area (Å²) in [5.74, 6) is -0.711. The number of hydroxylamine groups is 1. The zero-order valence-electron chi connectivity index (χ0n) is 16.1. The normalized spacial score (nSPS) is 15.4. The van der Waals surface area contributed by atoms with Gasteiger partial charge in [0.25, 0.3) is 0 Å². The lowest BCUT2D eigenvalue weighted by molar-refractivity contribution is -0.147. The van der Waals surface area contributed by atoms with Gasteiger partial charge in [0.15, 0.2) is 6.04 Å². The molecule has 0 amide bonds. The first-order valence-corrected chi connectivity index (χ1v) is 8.97. The van der Waals surface area contributed by atoms with Gasteiger partial charge in [-0.15, -0.1) is 0 Å². The van der Waals surface area contributed by atoms with E-state index in [4.69, 9.17) is 14.4 Å². The maximum absolute atomic E-state index is 13.4. The van der Waals surface area contributed by atoms with Crippen LogP contribution in [0.2, 0.25) is 0 Å². The summed E-state index contributed by atoms with van der Waals surface area (Å²) in [6.07, 6.45) is 1.45. The molecule has 1 aliphatic rings. The van der Waals surface area contributed by atoms with Crippen molar-refractivity contribution >= 4 is 11.7 Å². The number of halogens is 1. The SMILES string of the molecule is CONC(C(=O)OC)c1cccc(C)c1CO/N=C1\CCc2cc(F)ccc21. The molecule has 0 radical (unpaired) electrons. The van der Waals surface area contributed by atoms with E-state index in [2.05, 4.69) is 10.6 Å². The largest absolute Gasteiger partial charge is 0.468 e. The van der Waals surface area contributed by atoms with Crippen LogP contribution in [0.15, 0.2) is 41.6 Å². The molecule has 2 aromatic carbocycles. The molecule has 3 rings (SSSR count). The molecule has 0 saturated heterocycles. The molecule has 0 saturated carbocycles. The lowest BCUT2D eigenvalue weighted by atomic mass is 9.97. The molecule has 0 aliphatic heterocycles. The van der Waals surface area contributed by atoms with E-state index in [9.17, 15) is 9.18 Å². The maximum Gasteiger partial charge on any atom is 0.329 e. The fraction of sp³-hybridized carbons (Fsp3) is 0.333. The first-order valence-electron chi connectivity index (χ1n) is 8.97. The fourth-order valence-electron chi connectivity index (χ4n) is 3.37. The molecule has 0 spiro atoms. The average Bonchev–Trinajstić information content (AvgIpc) is 3.09. The van der Waals surface area contributed by atoms with Crippen LogP contribution in [0.5, 0.6) is 0 Å². The Bertz CT molecular complexity index is 898. The molecule has 28 heavy (non-hydrogen) atoms. The molecular weight excluding hydrogens is 363 g/mol. The summed E-state index contributed by atoms with van der Waals surface area (Å²) in [4.78, 5) is 22.7. The minimum atomic E-state index is -0.781. The number of hydrogen-bond donors (Lipinski definition) is 1. The van der Waals surface area contributed by atoms with Gasteiger partial charge in [-0.25, -0.2) is 9.18 Å². The Kier molecular flexibility index (Phi) is 6.38. The van der Waals surface area contributed by atoms with Crippen molar-refractivity contribution in [2.24, 2.45) is 5.16 Å². The van der Waals surface area contributed by atoms with Crippen LogP contribution in [0.4, 0.5) is 4.39 Å². The van der Waals surface area contributed by atoms with Gasteiger partial charge in [-0.2, -0.15) is 5.48 Å². The molecule has 0 heterocycles. The summed E-state index contributed by atoms with van der Waals surface area (Å²) in [7, 11) is 2.76. The average molecular weight is 386 g/mol. The molecule has 6 nitrogen and oxygen atoms in total. The lowest BCUT2D eigenvalue weighted by Gasteiger charge is -2.19. The molecule has 2 aromatic rings. The first kappa shape index (κ1) is 20.0. The molecule has 148 valence electrons. The third kappa shape index (κ3) is 4.21. The molecule has 1 aliphatic carbocycles. The Balaban J connectivity index is 1.81. The summed E-state index contributed by atoms with van der Waals surface area (Å²) < 4.78 is 18.2. The molecule has 7 heteroatoms. The van der Waals surface area contributed by atoms with Gasteiger partial charge in [0.1, 0.15) is 12.4 Å². The van der Waals surface area contributed by atoms with Crippen molar-refractivity contribution in [1.82, 2.24) is 5.48 Å². The van der Waals surface area contributed by atoms with Gasteiger partial charge in [0, 0.05) is 11.1 Å². The number of benzene rings is 2. The van der Waals surface area contributed by atoms with E-state index in [1.165, 1.54) is 26.4 Å². The number of carbonyl (C=O) groups excluding carboxylic acids is 1. The topological polar surface area (TPSA) is 69.2 Å². The number of nitrogens with one attached hydrogen (secondary N) is 1. The molecule has 0 fully saturated rings. The van der Waals surface area contributed by atoms with E-state index >= 15 is 0 Å². The van der Waals surface area contributed by atoms with Crippen LogP contribution in [0.1, 0.15) is 40.3 Å². The van der Waals surface area contributed by atoms with Gasteiger partial charge >= 0.3 is 5.97 Å². The van der Waals surface area contributed by atoms with Crippen molar-refractivity contribution in [3.63, 3.8) is 0 Å². The highest BCUT2D eigenvalue weighted by atomic mass is 19.1. The third-order valence-electron chi connectivity index (χ3n) is 4.82. The number of carbonyl (C=O) groups is 1. The molecule has 0 aromatic heterocycles. The summed E-state index contributed by atoms with van der Waals surface area (Å²) in [5.41, 5.74) is 7.79. The van der Waals surface area contributed by atoms with Crippen LogP contribution in [-0.4, -0.2) is 25.9 Å². The van der Waals surface area contributed by atoms with Crippen LogP contribution >= 0.6 is 0 Å². The highest BCUT2D eigenvalue weighted by Gasteiger charge is 2.25. The van der Waals surface area contributed by atoms with Crippen LogP contribution in [0.3, 0.4) is 0 Å². The number of nitrogens with zero attached hydrogens (tertiary/aromatic N) is 1. The molecular formula is C21H23FN2O4. The van der Waals surface area contributed by atoms with Gasteiger partial charge in [-0.3, -0.25) is 0 Å². The second-order valence-corrected chi connectivity index (χ2v) is 6.53. The fourth-order valence-corrected chi connectivity index (χ4v) is 3.37. The van der Waals surface area contributed by atoms with Crippen LogP contribution in [-0.2, 0) is 32.2 Å². The van der Waals surface area contributed by atoms with Gasteiger partial charge in [-0.1, -0.05) is 23.4 Å². The number of aryl methyl sites for hydroxylation is 2. The Morgan fingerprint density at radius 1 is 1.25 bits per heavy atom. The predicted molar refractivity (Wildman–Crippen MR) is 102 cm³/mol. The zero-order chi connectivity index (χ0) is 20.1. The smallest absolute Gasteiger partial charge is 0.329 e. The Hall–Kier alpha value is -2.77. The number of ether oxygens (including phenoxy) is 1. The summed E-state index contributed by atoms with van der Waals surface area (Å²) in [6, 6.07) is 9.52. The monoisotopic (exact) mass is 386 g/mol. The molecule has 0 bridgehead atoms.